The Balaban J connectivity index is 1.53. The summed E-state index contributed by atoms with van der Waals surface area (Å²) in [6.07, 6.45) is 0.981. The molecule has 0 spiro atoms. The van der Waals surface area contributed by atoms with Gasteiger partial charge in [0.1, 0.15) is 23.9 Å². The summed E-state index contributed by atoms with van der Waals surface area (Å²) in [4.78, 5) is 0. The maximum atomic E-state index is 6.15. The van der Waals surface area contributed by atoms with Crippen molar-refractivity contribution in [2.45, 2.75) is 39.2 Å². The van der Waals surface area contributed by atoms with Gasteiger partial charge in [0.05, 0.1) is 19.8 Å². The Morgan fingerprint density at radius 2 is 1.47 bits per heavy atom. The highest BCUT2D eigenvalue weighted by Gasteiger charge is 2.25. The first-order valence-corrected chi connectivity index (χ1v) is 11.3. The molecule has 4 heteroatoms. The van der Waals surface area contributed by atoms with Gasteiger partial charge in [0, 0.05) is 12.0 Å². The zero-order valence-corrected chi connectivity index (χ0v) is 19.4. The first-order valence-electron chi connectivity index (χ1n) is 11.3. The molecule has 0 aromatic heterocycles. The highest BCUT2D eigenvalue weighted by atomic mass is 16.5. The normalized spacial score (nSPS) is 12.8. The molecule has 0 fully saturated rings. The van der Waals surface area contributed by atoms with Crippen LogP contribution in [0.1, 0.15) is 38.3 Å². The summed E-state index contributed by atoms with van der Waals surface area (Å²) in [5.74, 6) is 2.51. The number of hydrogen-bond donors (Lipinski definition) is 0. The molecule has 0 aliphatic heterocycles. The van der Waals surface area contributed by atoms with Crippen molar-refractivity contribution in [2.24, 2.45) is 0 Å². The van der Waals surface area contributed by atoms with E-state index in [2.05, 4.69) is 32.0 Å². The number of ether oxygens (including phenoxy) is 4. The van der Waals surface area contributed by atoms with Crippen molar-refractivity contribution in [1.29, 1.82) is 0 Å². The van der Waals surface area contributed by atoms with Crippen LogP contribution in [0.15, 0.2) is 78.9 Å². The second kappa shape index (κ2) is 12.3. The molecule has 0 amide bonds. The molecule has 0 saturated carbocycles. The molecule has 0 N–H and O–H groups in total. The molecule has 0 saturated heterocycles. The fourth-order valence-corrected chi connectivity index (χ4v) is 3.42. The molecule has 0 aliphatic carbocycles. The molecule has 4 nitrogen and oxygen atoms in total. The molecule has 0 radical (unpaired) electrons. The van der Waals surface area contributed by atoms with E-state index in [1.165, 1.54) is 5.56 Å². The number of para-hydroxylation sites is 1. The summed E-state index contributed by atoms with van der Waals surface area (Å²) in [6.45, 7) is 9.49. The predicted octanol–water partition coefficient (Wildman–Crippen LogP) is 6.78. The third-order valence-corrected chi connectivity index (χ3v) is 5.60. The van der Waals surface area contributed by atoms with Crippen LogP contribution in [0.25, 0.3) is 0 Å². The maximum Gasteiger partial charge on any atom is 0.127 e. The SMILES string of the molecule is CCOCCOc1ccc(C(C)(CC)COCc2cccc(Oc3ccccc3)c2)cc1. The second-order valence-corrected chi connectivity index (χ2v) is 8.04. The van der Waals surface area contributed by atoms with E-state index in [-0.39, 0.29) is 5.41 Å². The summed E-state index contributed by atoms with van der Waals surface area (Å²) in [5, 5.41) is 0. The van der Waals surface area contributed by atoms with Crippen molar-refractivity contribution in [3.05, 3.63) is 90.0 Å². The van der Waals surface area contributed by atoms with Gasteiger partial charge in [-0.3, -0.25) is 0 Å². The average Bonchev–Trinajstić information content (AvgIpc) is 2.83. The van der Waals surface area contributed by atoms with Crippen molar-refractivity contribution < 1.29 is 18.9 Å². The van der Waals surface area contributed by atoms with Crippen LogP contribution in [0, 0.1) is 0 Å². The fraction of sp³-hybridized carbons (Fsp3) is 0.357. The van der Waals surface area contributed by atoms with Gasteiger partial charge in [0.2, 0.25) is 0 Å². The Kier molecular flexibility index (Phi) is 9.14. The molecular formula is C28H34O4. The Morgan fingerprint density at radius 3 is 2.19 bits per heavy atom. The lowest BCUT2D eigenvalue weighted by Gasteiger charge is -2.29. The van der Waals surface area contributed by atoms with Gasteiger partial charge in [-0.25, -0.2) is 0 Å². The Hall–Kier alpha value is -2.82. The van der Waals surface area contributed by atoms with Crippen LogP contribution in [0.4, 0.5) is 0 Å². The third kappa shape index (κ3) is 7.11. The lowest BCUT2D eigenvalue weighted by molar-refractivity contribution is 0.0746. The van der Waals surface area contributed by atoms with E-state index >= 15 is 0 Å². The van der Waals surface area contributed by atoms with Crippen LogP contribution in [0.3, 0.4) is 0 Å². The van der Waals surface area contributed by atoms with Crippen LogP contribution in [0.2, 0.25) is 0 Å². The van der Waals surface area contributed by atoms with Crippen molar-refractivity contribution in [3.63, 3.8) is 0 Å². The molecule has 0 bridgehead atoms. The predicted molar refractivity (Wildman–Crippen MR) is 129 cm³/mol. The van der Waals surface area contributed by atoms with Gasteiger partial charge >= 0.3 is 0 Å². The number of rotatable bonds is 13. The quantitative estimate of drug-likeness (QED) is 0.278. The van der Waals surface area contributed by atoms with E-state index in [0.717, 1.165) is 29.2 Å². The molecule has 3 aromatic rings. The number of benzene rings is 3. The smallest absolute Gasteiger partial charge is 0.127 e. The first kappa shape index (κ1) is 23.8. The van der Waals surface area contributed by atoms with Crippen LogP contribution in [0.5, 0.6) is 17.2 Å². The van der Waals surface area contributed by atoms with Crippen molar-refractivity contribution in [2.75, 3.05) is 26.4 Å². The highest BCUT2D eigenvalue weighted by molar-refractivity contribution is 5.34. The van der Waals surface area contributed by atoms with E-state index in [9.17, 15) is 0 Å². The fourth-order valence-electron chi connectivity index (χ4n) is 3.42. The summed E-state index contributed by atoms with van der Waals surface area (Å²) >= 11 is 0. The molecular weight excluding hydrogens is 400 g/mol. The van der Waals surface area contributed by atoms with Gasteiger partial charge < -0.3 is 18.9 Å². The summed E-state index contributed by atoms with van der Waals surface area (Å²) in [6, 6.07) is 26.2. The minimum atomic E-state index is -0.0675. The topological polar surface area (TPSA) is 36.9 Å². The third-order valence-electron chi connectivity index (χ3n) is 5.60. The Bertz CT molecular complexity index is 924. The molecule has 32 heavy (non-hydrogen) atoms. The van der Waals surface area contributed by atoms with Gasteiger partial charge in [0.25, 0.3) is 0 Å². The Morgan fingerprint density at radius 1 is 0.719 bits per heavy atom. The molecule has 0 heterocycles. The van der Waals surface area contributed by atoms with Crippen LogP contribution in [-0.2, 0) is 21.5 Å². The average molecular weight is 435 g/mol. The highest BCUT2D eigenvalue weighted by Crippen LogP contribution is 2.30. The second-order valence-electron chi connectivity index (χ2n) is 8.04. The minimum absolute atomic E-state index is 0.0675. The zero-order chi connectivity index (χ0) is 22.7. The van der Waals surface area contributed by atoms with Crippen LogP contribution in [-0.4, -0.2) is 26.4 Å². The lowest BCUT2D eigenvalue weighted by atomic mass is 9.81. The summed E-state index contributed by atoms with van der Waals surface area (Å²) in [7, 11) is 0. The standard InChI is InChI=1S/C28H34O4/c1-4-28(3,24-14-16-25(17-15-24)31-19-18-29-5-2)22-30-21-23-10-9-13-27(20-23)32-26-11-7-6-8-12-26/h6-17,20H,4-5,18-19,21-22H2,1-3H3. The molecule has 1 atom stereocenters. The molecule has 170 valence electrons. The van der Waals surface area contributed by atoms with Gasteiger partial charge in [-0.15, -0.1) is 0 Å². The van der Waals surface area contributed by atoms with E-state index in [4.69, 9.17) is 18.9 Å². The summed E-state index contributed by atoms with van der Waals surface area (Å²) < 4.78 is 23.1. The van der Waals surface area contributed by atoms with Crippen molar-refractivity contribution >= 4 is 0 Å². The minimum Gasteiger partial charge on any atom is -0.491 e. The van der Waals surface area contributed by atoms with Gasteiger partial charge in [0.15, 0.2) is 0 Å². The van der Waals surface area contributed by atoms with Gasteiger partial charge in [-0.05, 0) is 60.9 Å². The van der Waals surface area contributed by atoms with E-state index in [1.54, 1.807) is 0 Å². The molecule has 0 aliphatic rings. The van der Waals surface area contributed by atoms with E-state index in [0.29, 0.717) is 33.0 Å². The van der Waals surface area contributed by atoms with E-state index in [1.807, 2.05) is 67.6 Å². The molecule has 1 unspecified atom stereocenters. The Labute approximate surface area is 192 Å². The summed E-state index contributed by atoms with van der Waals surface area (Å²) in [5.41, 5.74) is 2.27. The van der Waals surface area contributed by atoms with E-state index < -0.39 is 0 Å². The zero-order valence-electron chi connectivity index (χ0n) is 19.4. The number of hydrogen-bond acceptors (Lipinski definition) is 4. The van der Waals surface area contributed by atoms with Crippen LogP contribution < -0.4 is 9.47 Å². The van der Waals surface area contributed by atoms with Gasteiger partial charge in [-0.1, -0.05) is 56.3 Å². The van der Waals surface area contributed by atoms with Crippen molar-refractivity contribution in [1.82, 2.24) is 0 Å². The largest absolute Gasteiger partial charge is 0.491 e. The maximum absolute atomic E-state index is 6.15. The van der Waals surface area contributed by atoms with Crippen LogP contribution >= 0.6 is 0 Å². The molecule has 3 rings (SSSR count). The van der Waals surface area contributed by atoms with Gasteiger partial charge in [-0.2, -0.15) is 0 Å². The monoisotopic (exact) mass is 434 g/mol. The lowest BCUT2D eigenvalue weighted by Crippen LogP contribution is -2.27. The van der Waals surface area contributed by atoms with Crippen molar-refractivity contribution in [3.8, 4) is 17.2 Å². The first-order chi connectivity index (χ1) is 15.6. The molecule has 3 aromatic carbocycles.